The minimum absolute atomic E-state index is 0.0554. The summed E-state index contributed by atoms with van der Waals surface area (Å²) in [6.45, 7) is 0.848. The molecule has 1 aliphatic rings. The third-order valence-electron chi connectivity index (χ3n) is 4.00. The van der Waals surface area contributed by atoms with E-state index < -0.39 is 16.1 Å². The maximum Gasteiger partial charge on any atom is 0.315 e. The summed E-state index contributed by atoms with van der Waals surface area (Å²) in [7, 11) is -3.46. The maximum atomic E-state index is 12.5. The number of benzene rings is 1. The lowest BCUT2D eigenvalue weighted by molar-refractivity contribution is 0.241. The number of urea groups is 1. The largest absolute Gasteiger partial charge is 0.337 e. The molecule has 0 fully saturated rings. The highest BCUT2D eigenvalue weighted by molar-refractivity contribution is 7.92. The summed E-state index contributed by atoms with van der Waals surface area (Å²) in [5.41, 5.74) is 2.65. The number of anilines is 1. The molecule has 7 nitrogen and oxygen atoms in total. The minimum atomic E-state index is -3.46. The Morgan fingerprint density at radius 3 is 2.80 bits per heavy atom. The predicted molar refractivity (Wildman–Crippen MR) is 95.8 cm³/mol. The van der Waals surface area contributed by atoms with E-state index in [1.54, 1.807) is 18.5 Å². The van der Waals surface area contributed by atoms with Crippen LogP contribution in [-0.2, 0) is 23.0 Å². The van der Waals surface area contributed by atoms with Crippen molar-refractivity contribution in [1.82, 2.24) is 15.6 Å². The van der Waals surface area contributed by atoms with Crippen molar-refractivity contribution >= 4 is 21.7 Å². The molecule has 2 heterocycles. The van der Waals surface area contributed by atoms with Gasteiger partial charge in [0.1, 0.15) is 0 Å². The number of hydrogen-bond acceptors (Lipinski definition) is 4. The molecule has 2 N–H and O–H groups in total. The molecule has 1 aromatic heterocycles. The second kappa shape index (κ2) is 7.52. The molecule has 0 bridgehead atoms. The van der Waals surface area contributed by atoms with Crippen molar-refractivity contribution in [2.45, 2.75) is 13.0 Å². The quantitative estimate of drug-likeness (QED) is 0.812. The first-order chi connectivity index (χ1) is 12.1. The fourth-order valence-corrected chi connectivity index (χ4v) is 4.18. The highest BCUT2D eigenvalue weighted by atomic mass is 32.2. The molecule has 8 heteroatoms. The number of hydrogen-bond donors (Lipinski definition) is 2. The van der Waals surface area contributed by atoms with E-state index in [1.807, 2.05) is 30.3 Å². The highest BCUT2D eigenvalue weighted by Gasteiger charge is 2.28. The normalized spacial score (nSPS) is 13.4. The zero-order valence-corrected chi connectivity index (χ0v) is 14.5. The van der Waals surface area contributed by atoms with Crippen LogP contribution in [0.4, 0.5) is 10.5 Å². The van der Waals surface area contributed by atoms with Gasteiger partial charge >= 0.3 is 6.03 Å². The molecule has 132 valence electrons. The van der Waals surface area contributed by atoms with Gasteiger partial charge in [0.25, 0.3) is 0 Å². The number of aromatic nitrogens is 1. The van der Waals surface area contributed by atoms with Crippen LogP contribution in [0.3, 0.4) is 0 Å². The summed E-state index contributed by atoms with van der Waals surface area (Å²) in [6, 6.07) is 10.7. The molecular weight excluding hydrogens is 340 g/mol. The molecule has 2 aromatic rings. The number of pyridine rings is 1. The Kier molecular flexibility index (Phi) is 5.18. The lowest BCUT2D eigenvalue weighted by Crippen LogP contribution is -2.40. The predicted octanol–water partition coefficient (Wildman–Crippen LogP) is 1.27. The van der Waals surface area contributed by atoms with E-state index in [-0.39, 0.29) is 12.3 Å². The first-order valence-corrected chi connectivity index (χ1v) is 9.66. The van der Waals surface area contributed by atoms with E-state index >= 15 is 0 Å². The van der Waals surface area contributed by atoms with Crippen molar-refractivity contribution in [1.29, 1.82) is 0 Å². The van der Waals surface area contributed by atoms with E-state index in [4.69, 9.17) is 0 Å². The monoisotopic (exact) mass is 360 g/mol. The number of carbonyl (C=O) groups excluding carboxylic acids is 1. The van der Waals surface area contributed by atoms with Crippen molar-refractivity contribution in [3.05, 3.63) is 59.9 Å². The summed E-state index contributed by atoms with van der Waals surface area (Å²) in [5.74, 6) is -0.137. The fraction of sp³-hybridized carbons (Fsp3) is 0.294. The number of fused-ring (bicyclic) bond motifs is 1. The second-order valence-electron chi connectivity index (χ2n) is 5.74. The molecule has 1 aliphatic heterocycles. The SMILES string of the molecule is O=C(NCCS(=O)(=O)N1CCc2ccccc21)NCc1cccnc1. The zero-order chi connectivity index (χ0) is 17.7. The van der Waals surface area contributed by atoms with Gasteiger partial charge in [-0.25, -0.2) is 13.2 Å². The Morgan fingerprint density at radius 1 is 1.16 bits per heavy atom. The molecule has 0 radical (unpaired) electrons. The Bertz CT molecular complexity index is 840. The van der Waals surface area contributed by atoms with Crippen molar-refractivity contribution < 1.29 is 13.2 Å². The van der Waals surface area contributed by atoms with Gasteiger partial charge in [0, 0.05) is 32.0 Å². The summed E-state index contributed by atoms with van der Waals surface area (Å²) < 4.78 is 26.4. The van der Waals surface area contributed by atoms with E-state index in [9.17, 15) is 13.2 Å². The molecule has 0 spiro atoms. The lowest BCUT2D eigenvalue weighted by Gasteiger charge is -2.19. The Morgan fingerprint density at radius 2 is 2.00 bits per heavy atom. The fourth-order valence-electron chi connectivity index (χ4n) is 2.75. The van der Waals surface area contributed by atoms with Gasteiger partial charge in [-0.3, -0.25) is 9.29 Å². The Balaban J connectivity index is 1.47. The van der Waals surface area contributed by atoms with Crippen LogP contribution in [0.2, 0.25) is 0 Å². The van der Waals surface area contributed by atoms with Crippen molar-refractivity contribution in [3.8, 4) is 0 Å². The summed E-state index contributed by atoms with van der Waals surface area (Å²) in [6.07, 6.45) is 4.04. The van der Waals surface area contributed by atoms with Gasteiger partial charge in [0.2, 0.25) is 10.0 Å². The van der Waals surface area contributed by atoms with Crippen LogP contribution in [0, 0.1) is 0 Å². The van der Waals surface area contributed by atoms with Crippen molar-refractivity contribution in [2.24, 2.45) is 0 Å². The van der Waals surface area contributed by atoms with Gasteiger partial charge in [-0.15, -0.1) is 0 Å². The van der Waals surface area contributed by atoms with Crippen LogP contribution in [0.15, 0.2) is 48.8 Å². The highest BCUT2D eigenvalue weighted by Crippen LogP contribution is 2.29. The zero-order valence-electron chi connectivity index (χ0n) is 13.7. The van der Waals surface area contributed by atoms with E-state index in [0.29, 0.717) is 19.5 Å². The summed E-state index contributed by atoms with van der Waals surface area (Å²) in [4.78, 5) is 15.7. The number of amides is 2. The van der Waals surface area contributed by atoms with Crippen LogP contribution in [-0.4, -0.2) is 38.3 Å². The number of rotatable bonds is 6. The topological polar surface area (TPSA) is 91.4 Å². The number of para-hydroxylation sites is 1. The smallest absolute Gasteiger partial charge is 0.315 e. The van der Waals surface area contributed by atoms with E-state index in [1.165, 1.54) is 4.31 Å². The standard InChI is InChI=1S/C17H20N4O3S/c22-17(20-13-14-4-3-8-18-12-14)19-9-11-25(23,24)21-10-7-15-5-1-2-6-16(15)21/h1-6,8,12H,7,9-11,13H2,(H2,19,20,22). The minimum Gasteiger partial charge on any atom is -0.337 e. The molecule has 0 unspecified atom stereocenters. The molecule has 3 rings (SSSR count). The maximum absolute atomic E-state index is 12.5. The van der Waals surface area contributed by atoms with Gasteiger partial charge in [-0.1, -0.05) is 24.3 Å². The van der Waals surface area contributed by atoms with E-state index in [2.05, 4.69) is 15.6 Å². The number of carbonyl (C=O) groups is 1. The van der Waals surface area contributed by atoms with Crippen LogP contribution in [0.1, 0.15) is 11.1 Å². The molecular formula is C17H20N4O3S. The molecule has 0 aliphatic carbocycles. The van der Waals surface area contributed by atoms with E-state index in [0.717, 1.165) is 16.8 Å². The van der Waals surface area contributed by atoms with Crippen LogP contribution in [0.5, 0.6) is 0 Å². The second-order valence-corrected chi connectivity index (χ2v) is 7.75. The van der Waals surface area contributed by atoms with Crippen LogP contribution < -0.4 is 14.9 Å². The van der Waals surface area contributed by atoms with Gasteiger partial charge in [-0.2, -0.15) is 0 Å². The molecule has 25 heavy (non-hydrogen) atoms. The van der Waals surface area contributed by atoms with Gasteiger partial charge in [0.05, 0.1) is 11.4 Å². The summed E-state index contributed by atoms with van der Waals surface area (Å²) >= 11 is 0. The Hall–Kier alpha value is -2.61. The third kappa shape index (κ3) is 4.27. The number of sulfonamides is 1. The Labute approximate surface area is 147 Å². The van der Waals surface area contributed by atoms with Crippen molar-refractivity contribution in [3.63, 3.8) is 0 Å². The average Bonchev–Trinajstić information content (AvgIpc) is 3.06. The molecule has 0 atom stereocenters. The van der Waals surface area contributed by atoms with Gasteiger partial charge in [0.15, 0.2) is 0 Å². The molecule has 2 amide bonds. The summed E-state index contributed by atoms with van der Waals surface area (Å²) in [5, 5.41) is 5.25. The van der Waals surface area contributed by atoms with Gasteiger partial charge < -0.3 is 10.6 Å². The van der Waals surface area contributed by atoms with Crippen molar-refractivity contribution in [2.75, 3.05) is 23.1 Å². The number of nitrogens with zero attached hydrogens (tertiary/aromatic N) is 2. The molecule has 0 saturated heterocycles. The first-order valence-electron chi connectivity index (χ1n) is 8.05. The number of nitrogens with one attached hydrogen (secondary N) is 2. The average molecular weight is 360 g/mol. The molecule has 1 aromatic carbocycles. The van der Waals surface area contributed by atoms with Crippen LogP contribution >= 0.6 is 0 Å². The first kappa shape index (κ1) is 17.2. The molecule has 0 saturated carbocycles. The lowest BCUT2D eigenvalue weighted by atomic mass is 10.2. The van der Waals surface area contributed by atoms with Crippen LogP contribution in [0.25, 0.3) is 0 Å². The van der Waals surface area contributed by atoms with Gasteiger partial charge in [-0.05, 0) is 29.7 Å². The third-order valence-corrected chi connectivity index (χ3v) is 5.77.